The third-order valence-electron chi connectivity index (χ3n) is 3.91. The minimum absolute atomic E-state index is 0.0257. The molecule has 104 valence electrons. The molecule has 0 radical (unpaired) electrons. The van der Waals surface area contributed by atoms with E-state index in [9.17, 15) is 0 Å². The lowest BCUT2D eigenvalue weighted by molar-refractivity contribution is -0.0540. The van der Waals surface area contributed by atoms with Crippen molar-refractivity contribution in [3.05, 3.63) is 18.1 Å². The van der Waals surface area contributed by atoms with Gasteiger partial charge < -0.3 is 10.1 Å². The van der Waals surface area contributed by atoms with Gasteiger partial charge in [-0.15, -0.1) is 0 Å². The number of hydrogen-bond acceptors (Lipinski definition) is 5. The van der Waals surface area contributed by atoms with Gasteiger partial charge in [-0.1, -0.05) is 6.92 Å². The highest BCUT2D eigenvalue weighted by molar-refractivity contribution is 5.33. The molecule has 2 fully saturated rings. The maximum Gasteiger partial charge on any atom is 0.160 e. The van der Waals surface area contributed by atoms with Gasteiger partial charge in [0.1, 0.15) is 11.9 Å². The van der Waals surface area contributed by atoms with Crippen molar-refractivity contribution in [3.8, 4) is 0 Å². The van der Waals surface area contributed by atoms with Crippen LogP contribution in [0, 0.1) is 0 Å². The van der Waals surface area contributed by atoms with Crippen LogP contribution in [0.5, 0.6) is 0 Å². The molecule has 0 bridgehead atoms. The summed E-state index contributed by atoms with van der Waals surface area (Å²) in [5.74, 6) is 1.71. The van der Waals surface area contributed by atoms with Gasteiger partial charge in [-0.3, -0.25) is 4.90 Å². The quantitative estimate of drug-likeness (QED) is 0.897. The molecule has 2 aliphatic rings. The van der Waals surface area contributed by atoms with E-state index >= 15 is 0 Å². The Morgan fingerprint density at radius 2 is 2.47 bits per heavy atom. The van der Waals surface area contributed by atoms with Crippen molar-refractivity contribution in [2.24, 2.45) is 0 Å². The standard InChI is InChI=1S/C14H22N4O/c1-2-6-15-13-5-7-16-14(17-13)12-9-18-8-3-4-11(18)10-19-12/h5,7,11-12H,2-4,6,8-10H2,1H3,(H,15,16,17). The number of aromatic nitrogens is 2. The van der Waals surface area contributed by atoms with Gasteiger partial charge in [0.15, 0.2) is 5.82 Å². The van der Waals surface area contributed by atoms with Gasteiger partial charge in [-0.05, 0) is 31.9 Å². The maximum absolute atomic E-state index is 5.94. The molecule has 19 heavy (non-hydrogen) atoms. The Morgan fingerprint density at radius 3 is 3.37 bits per heavy atom. The van der Waals surface area contributed by atoms with E-state index in [1.807, 2.05) is 12.3 Å². The Hall–Kier alpha value is -1.20. The average Bonchev–Trinajstić information content (AvgIpc) is 2.92. The van der Waals surface area contributed by atoms with Gasteiger partial charge in [0.05, 0.1) is 6.61 Å². The molecule has 0 aromatic carbocycles. The first-order valence-electron chi connectivity index (χ1n) is 7.29. The summed E-state index contributed by atoms with van der Waals surface area (Å²) in [6.07, 6.45) is 5.50. The second-order valence-electron chi connectivity index (χ2n) is 5.34. The lowest BCUT2D eigenvalue weighted by Gasteiger charge is -2.34. The number of ether oxygens (including phenoxy) is 1. The monoisotopic (exact) mass is 262 g/mol. The fourth-order valence-corrected chi connectivity index (χ4v) is 2.85. The molecule has 5 nitrogen and oxygen atoms in total. The third kappa shape index (κ3) is 2.87. The highest BCUT2D eigenvalue weighted by Crippen LogP contribution is 2.28. The topological polar surface area (TPSA) is 50.3 Å². The number of anilines is 1. The summed E-state index contributed by atoms with van der Waals surface area (Å²) in [6, 6.07) is 2.54. The van der Waals surface area contributed by atoms with E-state index in [0.717, 1.165) is 37.8 Å². The molecule has 2 saturated heterocycles. The normalized spacial score (nSPS) is 27.2. The summed E-state index contributed by atoms with van der Waals surface area (Å²) in [5.41, 5.74) is 0. The van der Waals surface area contributed by atoms with E-state index in [-0.39, 0.29) is 6.10 Å². The molecule has 0 saturated carbocycles. The van der Waals surface area contributed by atoms with Gasteiger partial charge in [-0.25, -0.2) is 9.97 Å². The molecule has 0 amide bonds. The van der Waals surface area contributed by atoms with E-state index in [2.05, 4.69) is 27.1 Å². The van der Waals surface area contributed by atoms with Crippen LogP contribution in [0.2, 0.25) is 0 Å². The summed E-state index contributed by atoms with van der Waals surface area (Å²) < 4.78 is 5.94. The van der Waals surface area contributed by atoms with Crippen LogP contribution >= 0.6 is 0 Å². The number of nitrogens with one attached hydrogen (secondary N) is 1. The molecule has 2 atom stereocenters. The second-order valence-corrected chi connectivity index (χ2v) is 5.34. The Labute approximate surface area is 114 Å². The van der Waals surface area contributed by atoms with Gasteiger partial charge >= 0.3 is 0 Å². The summed E-state index contributed by atoms with van der Waals surface area (Å²) in [4.78, 5) is 11.5. The van der Waals surface area contributed by atoms with Crippen molar-refractivity contribution < 1.29 is 4.74 Å². The van der Waals surface area contributed by atoms with Crippen LogP contribution in [0.4, 0.5) is 5.82 Å². The summed E-state index contributed by atoms with van der Waals surface area (Å²) in [5, 5.41) is 3.30. The zero-order valence-electron chi connectivity index (χ0n) is 11.5. The molecular weight excluding hydrogens is 240 g/mol. The number of morpholine rings is 1. The van der Waals surface area contributed by atoms with Gasteiger partial charge in [0, 0.05) is 25.3 Å². The molecule has 2 unspecified atom stereocenters. The maximum atomic E-state index is 5.94. The SMILES string of the molecule is CCCNc1ccnc(C2CN3CCCC3CO2)n1. The Morgan fingerprint density at radius 1 is 1.53 bits per heavy atom. The average molecular weight is 262 g/mol. The Bertz CT molecular complexity index is 426. The molecule has 2 aliphatic heterocycles. The van der Waals surface area contributed by atoms with Crippen LogP contribution in [-0.2, 0) is 4.74 Å². The summed E-state index contributed by atoms with van der Waals surface area (Å²) in [6.45, 7) is 6.03. The summed E-state index contributed by atoms with van der Waals surface area (Å²) >= 11 is 0. The number of fused-ring (bicyclic) bond motifs is 1. The minimum Gasteiger partial charge on any atom is -0.370 e. The van der Waals surface area contributed by atoms with E-state index in [1.54, 1.807) is 0 Å². The zero-order valence-corrected chi connectivity index (χ0v) is 11.5. The first-order chi connectivity index (χ1) is 9.36. The van der Waals surface area contributed by atoms with Crippen molar-refractivity contribution >= 4 is 5.82 Å². The predicted octanol–water partition coefficient (Wildman–Crippen LogP) is 1.83. The van der Waals surface area contributed by atoms with E-state index in [1.165, 1.54) is 19.4 Å². The lowest BCUT2D eigenvalue weighted by Crippen LogP contribution is -2.42. The lowest BCUT2D eigenvalue weighted by atomic mass is 10.2. The molecule has 0 spiro atoms. The molecular formula is C14H22N4O. The number of nitrogens with zero attached hydrogens (tertiary/aromatic N) is 3. The highest BCUT2D eigenvalue weighted by atomic mass is 16.5. The third-order valence-corrected chi connectivity index (χ3v) is 3.91. The molecule has 1 N–H and O–H groups in total. The molecule has 3 rings (SSSR count). The van der Waals surface area contributed by atoms with Gasteiger partial charge in [0.2, 0.25) is 0 Å². The molecule has 1 aromatic heterocycles. The van der Waals surface area contributed by atoms with Crippen molar-refractivity contribution in [1.82, 2.24) is 14.9 Å². The Kier molecular flexibility index (Phi) is 3.94. The molecule has 3 heterocycles. The minimum atomic E-state index is 0.0257. The number of rotatable bonds is 4. The zero-order chi connectivity index (χ0) is 13.1. The van der Waals surface area contributed by atoms with E-state index in [4.69, 9.17) is 4.74 Å². The van der Waals surface area contributed by atoms with Crippen LogP contribution in [0.1, 0.15) is 38.1 Å². The number of hydrogen-bond donors (Lipinski definition) is 1. The molecule has 1 aromatic rings. The van der Waals surface area contributed by atoms with Crippen molar-refractivity contribution in [3.63, 3.8) is 0 Å². The van der Waals surface area contributed by atoms with Gasteiger partial charge in [0.25, 0.3) is 0 Å². The molecule has 0 aliphatic carbocycles. The fourth-order valence-electron chi connectivity index (χ4n) is 2.85. The van der Waals surface area contributed by atoms with Crippen LogP contribution in [-0.4, -0.2) is 47.2 Å². The van der Waals surface area contributed by atoms with Gasteiger partial charge in [-0.2, -0.15) is 0 Å². The second kappa shape index (κ2) is 5.84. The fraction of sp³-hybridized carbons (Fsp3) is 0.714. The van der Waals surface area contributed by atoms with Crippen molar-refractivity contribution in [1.29, 1.82) is 0 Å². The van der Waals surface area contributed by atoms with Crippen LogP contribution in [0.15, 0.2) is 12.3 Å². The van der Waals surface area contributed by atoms with E-state index < -0.39 is 0 Å². The van der Waals surface area contributed by atoms with Crippen molar-refractivity contribution in [2.45, 2.75) is 38.3 Å². The Balaban J connectivity index is 1.68. The van der Waals surface area contributed by atoms with E-state index in [0.29, 0.717) is 6.04 Å². The van der Waals surface area contributed by atoms with Crippen LogP contribution in [0.25, 0.3) is 0 Å². The smallest absolute Gasteiger partial charge is 0.160 e. The first kappa shape index (κ1) is 12.8. The first-order valence-corrected chi connectivity index (χ1v) is 7.29. The summed E-state index contributed by atoms with van der Waals surface area (Å²) in [7, 11) is 0. The molecule has 5 heteroatoms. The van der Waals surface area contributed by atoms with Crippen LogP contribution in [0.3, 0.4) is 0 Å². The largest absolute Gasteiger partial charge is 0.370 e. The van der Waals surface area contributed by atoms with Crippen molar-refractivity contribution in [2.75, 3.05) is 31.6 Å². The highest BCUT2D eigenvalue weighted by Gasteiger charge is 2.33. The van der Waals surface area contributed by atoms with Crippen LogP contribution < -0.4 is 5.32 Å². The predicted molar refractivity (Wildman–Crippen MR) is 74.1 cm³/mol.